The molecule has 0 aliphatic heterocycles. The highest BCUT2D eigenvalue weighted by Gasteiger charge is 2.24. The molecule has 9 nitrogen and oxygen atoms in total. The van der Waals surface area contributed by atoms with Gasteiger partial charge in [0.1, 0.15) is 28.4 Å². The molecule has 3 rings (SSSR count). The SMILES string of the molecule is CCOc1cc(S(=O)(=O)NCc2cccs2)c(OCC)cc1-n1cnnn1. The van der Waals surface area contributed by atoms with Gasteiger partial charge >= 0.3 is 0 Å². The van der Waals surface area contributed by atoms with Crippen molar-refractivity contribution in [3.63, 3.8) is 0 Å². The number of aromatic nitrogens is 4. The summed E-state index contributed by atoms with van der Waals surface area (Å²) in [5.41, 5.74) is 0.488. The Bertz CT molecular complexity index is 973. The second kappa shape index (κ2) is 8.46. The summed E-state index contributed by atoms with van der Waals surface area (Å²) in [7, 11) is -3.82. The molecule has 0 saturated heterocycles. The van der Waals surface area contributed by atoms with E-state index in [-0.39, 0.29) is 17.2 Å². The lowest BCUT2D eigenvalue weighted by atomic mass is 10.2. The average Bonchev–Trinajstić information content (AvgIpc) is 3.35. The molecule has 144 valence electrons. The molecule has 0 fully saturated rings. The van der Waals surface area contributed by atoms with Gasteiger partial charge in [0.05, 0.1) is 13.2 Å². The van der Waals surface area contributed by atoms with Crippen LogP contribution in [-0.2, 0) is 16.6 Å². The van der Waals surface area contributed by atoms with Gasteiger partial charge < -0.3 is 9.47 Å². The first-order valence-electron chi connectivity index (χ1n) is 8.24. The molecule has 1 aromatic carbocycles. The second-order valence-electron chi connectivity index (χ2n) is 5.29. The smallest absolute Gasteiger partial charge is 0.244 e. The molecule has 0 unspecified atom stereocenters. The summed E-state index contributed by atoms with van der Waals surface area (Å²) < 4.78 is 41.0. The highest BCUT2D eigenvalue weighted by molar-refractivity contribution is 7.89. The first-order chi connectivity index (χ1) is 13.0. The van der Waals surface area contributed by atoms with Gasteiger partial charge in [-0.05, 0) is 35.7 Å². The molecule has 0 radical (unpaired) electrons. The van der Waals surface area contributed by atoms with Crippen molar-refractivity contribution < 1.29 is 17.9 Å². The number of thiophene rings is 1. The zero-order chi connectivity index (χ0) is 19.3. The summed E-state index contributed by atoms with van der Waals surface area (Å²) in [5, 5.41) is 13.0. The molecule has 1 N–H and O–H groups in total. The first-order valence-corrected chi connectivity index (χ1v) is 10.6. The number of tetrazole rings is 1. The Morgan fingerprint density at radius 2 is 1.96 bits per heavy atom. The third-order valence-corrected chi connectivity index (χ3v) is 5.83. The molecule has 0 saturated carbocycles. The van der Waals surface area contributed by atoms with Crippen molar-refractivity contribution >= 4 is 21.4 Å². The Labute approximate surface area is 161 Å². The van der Waals surface area contributed by atoms with E-state index in [2.05, 4.69) is 20.2 Å². The number of hydrogen-bond donors (Lipinski definition) is 1. The molecular formula is C16H19N5O4S2. The zero-order valence-corrected chi connectivity index (χ0v) is 16.5. The van der Waals surface area contributed by atoms with Crippen LogP contribution >= 0.6 is 11.3 Å². The number of nitrogens with zero attached hydrogens (tertiary/aromatic N) is 4. The van der Waals surface area contributed by atoms with Crippen molar-refractivity contribution in [1.82, 2.24) is 24.9 Å². The van der Waals surface area contributed by atoms with E-state index in [0.29, 0.717) is 24.7 Å². The molecule has 0 bridgehead atoms. The highest BCUT2D eigenvalue weighted by atomic mass is 32.2. The molecule has 0 aliphatic carbocycles. The van der Waals surface area contributed by atoms with Crippen molar-refractivity contribution in [2.75, 3.05) is 13.2 Å². The summed E-state index contributed by atoms with van der Waals surface area (Å²) in [6, 6.07) is 6.73. The fourth-order valence-electron chi connectivity index (χ4n) is 2.39. The van der Waals surface area contributed by atoms with Crippen LogP contribution < -0.4 is 14.2 Å². The minimum Gasteiger partial charge on any atom is -0.492 e. The molecule has 3 aromatic rings. The van der Waals surface area contributed by atoms with Crippen LogP contribution in [0, 0.1) is 0 Å². The maximum Gasteiger partial charge on any atom is 0.244 e. The van der Waals surface area contributed by atoms with Gasteiger partial charge in [0.2, 0.25) is 10.0 Å². The van der Waals surface area contributed by atoms with Crippen LogP contribution in [0.3, 0.4) is 0 Å². The lowest BCUT2D eigenvalue weighted by molar-refractivity contribution is 0.321. The van der Waals surface area contributed by atoms with E-state index in [1.165, 1.54) is 28.4 Å². The molecule has 11 heteroatoms. The molecule has 0 spiro atoms. The van der Waals surface area contributed by atoms with E-state index in [9.17, 15) is 8.42 Å². The summed E-state index contributed by atoms with van der Waals surface area (Å²) >= 11 is 1.48. The molecular weight excluding hydrogens is 390 g/mol. The van der Waals surface area contributed by atoms with Crippen LogP contribution in [-0.4, -0.2) is 41.8 Å². The van der Waals surface area contributed by atoms with E-state index in [1.54, 1.807) is 13.0 Å². The van der Waals surface area contributed by atoms with E-state index < -0.39 is 10.0 Å². The maximum atomic E-state index is 12.9. The standard InChI is InChI=1S/C16H19N5O4S2/c1-3-24-14-9-16(27(22,23)18-10-12-6-5-7-26-12)15(25-4-2)8-13(14)21-11-17-19-20-21/h5-9,11,18H,3-4,10H2,1-2H3. The highest BCUT2D eigenvalue weighted by Crippen LogP contribution is 2.34. The second-order valence-corrected chi connectivity index (χ2v) is 8.06. The molecule has 2 heterocycles. The van der Waals surface area contributed by atoms with Crippen LogP contribution in [0.1, 0.15) is 18.7 Å². The first kappa shape index (κ1) is 19.3. The van der Waals surface area contributed by atoms with Crippen LogP contribution in [0.15, 0.2) is 40.9 Å². The van der Waals surface area contributed by atoms with Crippen molar-refractivity contribution in [3.05, 3.63) is 40.8 Å². The van der Waals surface area contributed by atoms with Gasteiger partial charge in [-0.2, -0.15) is 4.68 Å². The molecule has 0 atom stereocenters. The number of nitrogens with one attached hydrogen (secondary N) is 1. The lowest BCUT2D eigenvalue weighted by Gasteiger charge is -2.16. The Hall–Kier alpha value is -2.50. The van der Waals surface area contributed by atoms with Crippen LogP contribution in [0.2, 0.25) is 0 Å². The Balaban J connectivity index is 2.03. The van der Waals surface area contributed by atoms with Gasteiger partial charge in [-0.15, -0.1) is 16.4 Å². The largest absolute Gasteiger partial charge is 0.492 e. The quantitative estimate of drug-likeness (QED) is 0.576. The predicted molar refractivity (Wildman–Crippen MR) is 99.8 cm³/mol. The third-order valence-electron chi connectivity index (χ3n) is 3.53. The number of rotatable bonds is 9. The lowest BCUT2D eigenvalue weighted by Crippen LogP contribution is -2.24. The zero-order valence-electron chi connectivity index (χ0n) is 14.8. The van der Waals surface area contributed by atoms with Crippen LogP contribution in [0.5, 0.6) is 11.5 Å². The van der Waals surface area contributed by atoms with Crippen LogP contribution in [0.25, 0.3) is 5.69 Å². The minimum absolute atomic E-state index is 0.00109. The fraction of sp³-hybridized carbons (Fsp3) is 0.312. The fourth-order valence-corrected chi connectivity index (χ4v) is 4.27. The van der Waals surface area contributed by atoms with Gasteiger partial charge in [0, 0.05) is 23.6 Å². The van der Waals surface area contributed by atoms with Gasteiger partial charge in [-0.3, -0.25) is 0 Å². The summed E-state index contributed by atoms with van der Waals surface area (Å²) in [5.74, 6) is 0.537. The van der Waals surface area contributed by atoms with Gasteiger partial charge in [-0.25, -0.2) is 13.1 Å². The third kappa shape index (κ3) is 4.43. The Morgan fingerprint density at radius 1 is 1.19 bits per heavy atom. The van der Waals surface area contributed by atoms with Gasteiger partial charge in [-0.1, -0.05) is 6.07 Å². The van der Waals surface area contributed by atoms with Gasteiger partial charge in [0.25, 0.3) is 0 Å². The molecule has 2 aromatic heterocycles. The normalized spacial score (nSPS) is 11.5. The Kier molecular flexibility index (Phi) is 6.04. The molecule has 0 aliphatic rings. The van der Waals surface area contributed by atoms with E-state index in [1.807, 2.05) is 24.4 Å². The van der Waals surface area contributed by atoms with Gasteiger partial charge in [0.15, 0.2) is 0 Å². The average molecular weight is 409 g/mol. The number of benzene rings is 1. The Morgan fingerprint density at radius 3 is 2.59 bits per heavy atom. The summed E-state index contributed by atoms with van der Waals surface area (Å²) in [4.78, 5) is 0.910. The van der Waals surface area contributed by atoms with Crippen molar-refractivity contribution in [1.29, 1.82) is 0 Å². The van der Waals surface area contributed by atoms with Crippen molar-refractivity contribution in [3.8, 4) is 17.2 Å². The monoisotopic (exact) mass is 409 g/mol. The predicted octanol–water partition coefficient (Wildman–Crippen LogP) is 2.00. The number of sulfonamides is 1. The number of ether oxygens (including phenoxy) is 2. The van der Waals surface area contributed by atoms with Crippen molar-refractivity contribution in [2.24, 2.45) is 0 Å². The topological polar surface area (TPSA) is 108 Å². The summed E-state index contributed by atoms with van der Waals surface area (Å²) in [6.07, 6.45) is 1.40. The van der Waals surface area contributed by atoms with E-state index in [4.69, 9.17) is 9.47 Å². The van der Waals surface area contributed by atoms with E-state index in [0.717, 1.165) is 4.88 Å². The summed E-state index contributed by atoms with van der Waals surface area (Å²) in [6.45, 7) is 4.44. The molecule has 0 amide bonds. The van der Waals surface area contributed by atoms with E-state index >= 15 is 0 Å². The van der Waals surface area contributed by atoms with Crippen LogP contribution in [0.4, 0.5) is 0 Å². The maximum absolute atomic E-state index is 12.9. The molecule has 27 heavy (non-hydrogen) atoms. The number of hydrogen-bond acceptors (Lipinski definition) is 8. The minimum atomic E-state index is -3.82. The van der Waals surface area contributed by atoms with Crippen molar-refractivity contribution in [2.45, 2.75) is 25.3 Å².